The van der Waals surface area contributed by atoms with Gasteiger partial charge in [-0.05, 0) is 18.9 Å². The van der Waals surface area contributed by atoms with E-state index < -0.39 is 0 Å². The first-order valence-electron chi connectivity index (χ1n) is 5.07. The van der Waals surface area contributed by atoms with E-state index in [1.807, 2.05) is 12.1 Å². The van der Waals surface area contributed by atoms with E-state index in [1.54, 1.807) is 7.11 Å². The number of nitrogens with one attached hydrogen (secondary N) is 1. The van der Waals surface area contributed by atoms with Crippen LogP contribution in [0.4, 0.5) is 0 Å². The topological polar surface area (TPSA) is 24.5 Å². The lowest BCUT2D eigenvalue weighted by Gasteiger charge is -2.35. The molecule has 0 amide bonds. The Labute approximate surface area is 81.4 Å². The summed E-state index contributed by atoms with van der Waals surface area (Å²) < 4.78 is 0. The summed E-state index contributed by atoms with van der Waals surface area (Å²) in [6, 6.07) is 0. The second-order valence-electron chi connectivity index (χ2n) is 4.41. The highest BCUT2D eigenvalue weighted by Gasteiger charge is 2.37. The van der Waals surface area contributed by atoms with Gasteiger partial charge in [0.25, 0.3) is 0 Å². The van der Waals surface area contributed by atoms with E-state index in [1.165, 1.54) is 6.42 Å². The van der Waals surface area contributed by atoms with E-state index in [4.69, 9.17) is 4.84 Å². The average Bonchev–Trinajstić information content (AvgIpc) is 2.54. The monoisotopic (exact) mass is 186 g/mol. The minimum absolute atomic E-state index is 0.408. The fraction of sp³-hybridized carbons (Fsp3) is 1.00. The molecule has 78 valence electrons. The van der Waals surface area contributed by atoms with E-state index in [2.05, 4.69) is 19.2 Å². The molecule has 0 radical (unpaired) electrons. The summed E-state index contributed by atoms with van der Waals surface area (Å²) in [7, 11) is 3.73. The van der Waals surface area contributed by atoms with Gasteiger partial charge in [0.1, 0.15) is 0 Å². The molecule has 0 aromatic rings. The van der Waals surface area contributed by atoms with Crippen LogP contribution in [-0.4, -0.2) is 38.9 Å². The minimum Gasteiger partial charge on any atom is -0.316 e. The van der Waals surface area contributed by atoms with Gasteiger partial charge in [-0.25, -0.2) is 0 Å². The third kappa shape index (κ3) is 2.42. The van der Waals surface area contributed by atoms with Crippen LogP contribution in [0.25, 0.3) is 0 Å². The quantitative estimate of drug-likeness (QED) is 0.666. The Kier molecular flexibility index (Phi) is 3.71. The molecule has 0 aromatic carbocycles. The van der Waals surface area contributed by atoms with Crippen LogP contribution in [0.5, 0.6) is 0 Å². The van der Waals surface area contributed by atoms with Crippen LogP contribution >= 0.6 is 0 Å². The third-order valence-corrected chi connectivity index (χ3v) is 3.35. The van der Waals surface area contributed by atoms with Crippen molar-refractivity contribution in [1.82, 2.24) is 10.4 Å². The fourth-order valence-corrected chi connectivity index (χ4v) is 2.08. The lowest BCUT2D eigenvalue weighted by molar-refractivity contribution is -0.135. The maximum absolute atomic E-state index is 5.19. The SMILES string of the molecule is CON(C)CC1(C(C)C)CCNC1. The fourth-order valence-electron chi connectivity index (χ4n) is 2.08. The molecule has 0 saturated carbocycles. The predicted octanol–water partition coefficient (Wildman–Crippen LogP) is 1.12. The number of hydroxylamine groups is 2. The summed E-state index contributed by atoms with van der Waals surface area (Å²) in [5, 5.41) is 5.38. The second kappa shape index (κ2) is 4.40. The number of hydrogen-bond donors (Lipinski definition) is 1. The Hall–Kier alpha value is -0.120. The van der Waals surface area contributed by atoms with Crippen molar-refractivity contribution in [2.24, 2.45) is 11.3 Å². The van der Waals surface area contributed by atoms with Gasteiger partial charge in [0.2, 0.25) is 0 Å². The summed E-state index contributed by atoms with van der Waals surface area (Å²) in [4.78, 5) is 5.19. The Morgan fingerprint density at radius 2 is 2.23 bits per heavy atom. The van der Waals surface area contributed by atoms with Crippen molar-refractivity contribution in [3.05, 3.63) is 0 Å². The molecule has 1 heterocycles. The Bertz CT molecular complexity index is 153. The van der Waals surface area contributed by atoms with E-state index >= 15 is 0 Å². The molecule has 1 atom stereocenters. The molecule has 0 aliphatic carbocycles. The van der Waals surface area contributed by atoms with Crippen molar-refractivity contribution in [3.8, 4) is 0 Å². The Morgan fingerprint density at radius 3 is 2.62 bits per heavy atom. The Balaban J connectivity index is 2.57. The smallest absolute Gasteiger partial charge is 0.0575 e. The molecule has 0 spiro atoms. The zero-order valence-corrected chi connectivity index (χ0v) is 9.26. The standard InChI is InChI=1S/C10H22N2O/c1-9(2)10(5-6-11-7-10)8-12(3)13-4/h9,11H,5-8H2,1-4H3. The minimum atomic E-state index is 0.408. The normalized spacial score (nSPS) is 29.1. The summed E-state index contributed by atoms with van der Waals surface area (Å²) in [6.45, 7) is 7.90. The molecule has 1 fully saturated rings. The van der Waals surface area contributed by atoms with Gasteiger partial charge in [-0.15, -0.1) is 0 Å². The highest BCUT2D eigenvalue weighted by atomic mass is 16.7. The molecular weight excluding hydrogens is 164 g/mol. The molecule has 1 N–H and O–H groups in total. The van der Waals surface area contributed by atoms with Gasteiger partial charge in [0.05, 0.1) is 7.11 Å². The maximum atomic E-state index is 5.19. The van der Waals surface area contributed by atoms with Crippen molar-refractivity contribution in [3.63, 3.8) is 0 Å². The van der Waals surface area contributed by atoms with Gasteiger partial charge in [0, 0.05) is 25.6 Å². The van der Waals surface area contributed by atoms with Gasteiger partial charge in [-0.3, -0.25) is 0 Å². The molecule has 1 aliphatic heterocycles. The summed E-state index contributed by atoms with van der Waals surface area (Å²) in [5.74, 6) is 0.708. The number of hydrogen-bond acceptors (Lipinski definition) is 3. The molecule has 1 saturated heterocycles. The molecule has 0 aromatic heterocycles. The summed E-state index contributed by atoms with van der Waals surface area (Å²) in [6.07, 6.45) is 1.26. The molecular formula is C10H22N2O. The van der Waals surface area contributed by atoms with Crippen LogP contribution in [0.15, 0.2) is 0 Å². The first-order chi connectivity index (χ1) is 6.10. The van der Waals surface area contributed by atoms with Crippen LogP contribution in [0.2, 0.25) is 0 Å². The predicted molar refractivity (Wildman–Crippen MR) is 54.4 cm³/mol. The average molecular weight is 186 g/mol. The summed E-state index contributed by atoms with van der Waals surface area (Å²) in [5.41, 5.74) is 0.408. The Morgan fingerprint density at radius 1 is 1.54 bits per heavy atom. The van der Waals surface area contributed by atoms with Gasteiger partial charge in [0.15, 0.2) is 0 Å². The first-order valence-corrected chi connectivity index (χ1v) is 5.07. The van der Waals surface area contributed by atoms with Gasteiger partial charge >= 0.3 is 0 Å². The van der Waals surface area contributed by atoms with E-state index in [0.717, 1.165) is 19.6 Å². The van der Waals surface area contributed by atoms with Crippen molar-refractivity contribution in [2.45, 2.75) is 20.3 Å². The lowest BCUT2D eigenvalue weighted by atomic mass is 9.76. The zero-order chi connectivity index (χ0) is 9.90. The van der Waals surface area contributed by atoms with Crippen molar-refractivity contribution in [2.75, 3.05) is 33.8 Å². The maximum Gasteiger partial charge on any atom is 0.0575 e. The molecule has 1 aliphatic rings. The van der Waals surface area contributed by atoms with Crippen LogP contribution in [0.3, 0.4) is 0 Å². The van der Waals surface area contributed by atoms with Gasteiger partial charge in [-0.1, -0.05) is 13.8 Å². The van der Waals surface area contributed by atoms with Crippen molar-refractivity contribution < 1.29 is 4.84 Å². The van der Waals surface area contributed by atoms with Crippen LogP contribution in [0.1, 0.15) is 20.3 Å². The zero-order valence-electron chi connectivity index (χ0n) is 9.26. The molecule has 3 heteroatoms. The van der Waals surface area contributed by atoms with Crippen LogP contribution < -0.4 is 5.32 Å². The van der Waals surface area contributed by atoms with Gasteiger partial charge in [-0.2, -0.15) is 5.06 Å². The van der Waals surface area contributed by atoms with E-state index in [9.17, 15) is 0 Å². The molecule has 3 nitrogen and oxygen atoms in total. The van der Waals surface area contributed by atoms with Crippen molar-refractivity contribution >= 4 is 0 Å². The highest BCUT2D eigenvalue weighted by molar-refractivity contribution is 4.91. The summed E-state index contributed by atoms with van der Waals surface area (Å²) >= 11 is 0. The third-order valence-electron chi connectivity index (χ3n) is 3.35. The van der Waals surface area contributed by atoms with Crippen LogP contribution in [-0.2, 0) is 4.84 Å². The van der Waals surface area contributed by atoms with E-state index in [-0.39, 0.29) is 0 Å². The number of rotatable bonds is 4. The number of nitrogens with zero attached hydrogens (tertiary/aromatic N) is 1. The molecule has 0 bridgehead atoms. The molecule has 1 rings (SSSR count). The highest BCUT2D eigenvalue weighted by Crippen LogP contribution is 2.34. The molecule has 1 unspecified atom stereocenters. The van der Waals surface area contributed by atoms with Gasteiger partial charge < -0.3 is 10.2 Å². The van der Waals surface area contributed by atoms with E-state index in [0.29, 0.717) is 11.3 Å². The lowest BCUT2D eigenvalue weighted by Crippen LogP contribution is -2.40. The first kappa shape index (κ1) is 11.0. The second-order valence-corrected chi connectivity index (χ2v) is 4.41. The largest absolute Gasteiger partial charge is 0.316 e. The van der Waals surface area contributed by atoms with Crippen molar-refractivity contribution in [1.29, 1.82) is 0 Å². The van der Waals surface area contributed by atoms with Crippen LogP contribution in [0, 0.1) is 11.3 Å². The molecule has 13 heavy (non-hydrogen) atoms.